The molecule has 5 heteroatoms. The van der Waals surface area contributed by atoms with Crippen LogP contribution in [0.1, 0.15) is 39.7 Å². The fourth-order valence-corrected chi connectivity index (χ4v) is 4.03. The van der Waals surface area contributed by atoms with Crippen LogP contribution in [0.5, 0.6) is 0 Å². The van der Waals surface area contributed by atoms with Crippen LogP contribution in [0.15, 0.2) is 45.0 Å². The molecular formula is C19H31NO3S. The summed E-state index contributed by atoms with van der Waals surface area (Å²) in [5, 5.41) is 21.1. The van der Waals surface area contributed by atoms with E-state index in [4.69, 9.17) is 0 Å². The van der Waals surface area contributed by atoms with Crippen molar-refractivity contribution in [2.45, 2.75) is 58.1 Å². The summed E-state index contributed by atoms with van der Waals surface area (Å²) in [6.45, 7) is 9.63. The molecule has 0 saturated heterocycles. The number of rotatable bonds is 8. The van der Waals surface area contributed by atoms with Crippen molar-refractivity contribution in [3.8, 4) is 0 Å². The normalized spacial score (nSPS) is 17.2. The lowest BCUT2D eigenvalue weighted by molar-refractivity contribution is 0.128. The molecule has 1 aromatic carbocycles. The van der Waals surface area contributed by atoms with Gasteiger partial charge in [-0.2, -0.15) is 0 Å². The third-order valence-corrected chi connectivity index (χ3v) is 6.13. The Bertz CT molecular complexity index is 641. The van der Waals surface area contributed by atoms with Gasteiger partial charge in [-0.3, -0.25) is 0 Å². The smallest absolute Gasteiger partial charge is 0.0969 e. The second-order valence-corrected chi connectivity index (χ2v) is 8.99. The lowest BCUT2D eigenvalue weighted by Gasteiger charge is -2.17. The molecule has 0 aliphatic carbocycles. The van der Waals surface area contributed by atoms with Gasteiger partial charge in [0.2, 0.25) is 0 Å². The van der Waals surface area contributed by atoms with Crippen molar-refractivity contribution in [2.75, 3.05) is 6.61 Å². The molecule has 136 valence electrons. The summed E-state index contributed by atoms with van der Waals surface area (Å²) in [5.41, 5.74) is 1.09. The highest BCUT2D eigenvalue weighted by molar-refractivity contribution is 7.96. The maximum atomic E-state index is 13.5. The number of nitrogens with zero attached hydrogens (tertiary/aromatic N) is 1. The molecule has 0 aliphatic heterocycles. The zero-order valence-electron chi connectivity index (χ0n) is 15.3. The van der Waals surface area contributed by atoms with Gasteiger partial charge in [0.05, 0.1) is 33.4 Å². The Morgan fingerprint density at radius 2 is 1.71 bits per heavy atom. The lowest BCUT2D eigenvalue weighted by atomic mass is 10.1. The molecule has 0 fully saturated rings. The van der Waals surface area contributed by atoms with Crippen LogP contribution in [0.25, 0.3) is 0 Å². The van der Waals surface area contributed by atoms with E-state index in [0.29, 0.717) is 11.3 Å². The van der Waals surface area contributed by atoms with Crippen LogP contribution in [0.4, 0.5) is 0 Å². The van der Waals surface area contributed by atoms with E-state index in [1.165, 1.54) is 0 Å². The van der Waals surface area contributed by atoms with E-state index in [-0.39, 0.29) is 18.4 Å². The number of aliphatic hydroxyl groups is 2. The molecule has 0 bridgehead atoms. The van der Waals surface area contributed by atoms with E-state index in [0.717, 1.165) is 5.56 Å². The van der Waals surface area contributed by atoms with Crippen molar-refractivity contribution in [2.24, 2.45) is 16.2 Å². The topological polar surface area (TPSA) is 69.9 Å². The van der Waals surface area contributed by atoms with Crippen LogP contribution in [0, 0.1) is 18.8 Å². The summed E-state index contributed by atoms with van der Waals surface area (Å²) in [4.78, 5) is 0.627. The van der Waals surface area contributed by atoms with Gasteiger partial charge in [0.25, 0.3) is 0 Å². The van der Waals surface area contributed by atoms with E-state index in [1.807, 2.05) is 58.9 Å². The first kappa shape index (κ1) is 20.9. The number of benzene rings is 1. The standard InChI is InChI=1S/C19H31NO3S/c1-14(2)18(13-21)20-24(23,12-6-7-19(22)15(3)4)17-10-8-16(5)9-11-17/h6,8-12,14-15,18-19,21-22H,7,13H2,1-5H3/b12-6-/t18-,19+,24-/m1/s1. The molecule has 1 rings (SSSR count). The van der Waals surface area contributed by atoms with Crippen molar-refractivity contribution in [3.05, 3.63) is 41.3 Å². The zero-order valence-corrected chi connectivity index (χ0v) is 16.2. The van der Waals surface area contributed by atoms with E-state index in [2.05, 4.69) is 4.36 Å². The molecule has 0 unspecified atom stereocenters. The van der Waals surface area contributed by atoms with Gasteiger partial charge in [-0.05, 0) is 37.3 Å². The number of hydrogen-bond donors (Lipinski definition) is 2. The second-order valence-electron chi connectivity index (χ2n) is 6.90. The molecule has 0 radical (unpaired) electrons. The molecule has 0 aliphatic rings. The third-order valence-electron chi connectivity index (χ3n) is 4.04. The first-order chi connectivity index (χ1) is 11.2. The molecule has 0 spiro atoms. The molecule has 0 heterocycles. The van der Waals surface area contributed by atoms with E-state index < -0.39 is 21.9 Å². The van der Waals surface area contributed by atoms with Crippen LogP contribution in [-0.4, -0.2) is 33.2 Å². The average Bonchev–Trinajstić information content (AvgIpc) is 2.52. The molecule has 1 aromatic rings. The highest BCUT2D eigenvalue weighted by Crippen LogP contribution is 2.21. The quantitative estimate of drug-likeness (QED) is 0.747. The number of aliphatic hydroxyl groups excluding tert-OH is 2. The summed E-state index contributed by atoms with van der Waals surface area (Å²) in [6, 6.07) is 7.06. The Kier molecular flexibility index (Phi) is 8.13. The highest BCUT2D eigenvalue weighted by Gasteiger charge is 2.17. The monoisotopic (exact) mass is 353 g/mol. The van der Waals surface area contributed by atoms with Crippen LogP contribution in [0.3, 0.4) is 0 Å². The fraction of sp³-hybridized carbons (Fsp3) is 0.579. The number of hydrogen-bond acceptors (Lipinski definition) is 4. The molecule has 4 nitrogen and oxygen atoms in total. The van der Waals surface area contributed by atoms with Crippen LogP contribution >= 0.6 is 0 Å². The molecule has 2 N–H and O–H groups in total. The fourth-order valence-electron chi connectivity index (χ4n) is 2.07. The highest BCUT2D eigenvalue weighted by atomic mass is 32.2. The Morgan fingerprint density at radius 3 is 2.17 bits per heavy atom. The van der Waals surface area contributed by atoms with Gasteiger partial charge < -0.3 is 10.2 Å². The third kappa shape index (κ3) is 6.04. The molecule has 0 amide bonds. The summed E-state index contributed by atoms with van der Waals surface area (Å²) >= 11 is 0. The largest absolute Gasteiger partial charge is 0.394 e. The minimum Gasteiger partial charge on any atom is -0.394 e. The van der Waals surface area contributed by atoms with Crippen LogP contribution in [-0.2, 0) is 9.73 Å². The first-order valence-corrected chi connectivity index (χ1v) is 10.1. The van der Waals surface area contributed by atoms with Crippen molar-refractivity contribution < 1.29 is 14.4 Å². The summed E-state index contributed by atoms with van der Waals surface area (Å²) in [7, 11) is -2.79. The zero-order chi connectivity index (χ0) is 18.3. The van der Waals surface area contributed by atoms with E-state index in [1.54, 1.807) is 11.5 Å². The van der Waals surface area contributed by atoms with Crippen LogP contribution < -0.4 is 0 Å². The van der Waals surface area contributed by atoms with E-state index in [9.17, 15) is 14.4 Å². The molecule has 0 saturated carbocycles. The molecular weight excluding hydrogens is 322 g/mol. The van der Waals surface area contributed by atoms with Gasteiger partial charge in [0, 0.05) is 5.41 Å². The van der Waals surface area contributed by atoms with Gasteiger partial charge in [-0.15, -0.1) is 0 Å². The van der Waals surface area contributed by atoms with Gasteiger partial charge in [0.15, 0.2) is 0 Å². The van der Waals surface area contributed by atoms with Gasteiger partial charge in [-0.25, -0.2) is 8.57 Å². The first-order valence-electron chi connectivity index (χ1n) is 8.48. The van der Waals surface area contributed by atoms with E-state index >= 15 is 0 Å². The summed E-state index contributed by atoms with van der Waals surface area (Å²) < 4.78 is 18.0. The Hall–Kier alpha value is -1.17. The van der Waals surface area contributed by atoms with Crippen molar-refractivity contribution in [1.29, 1.82) is 0 Å². The Labute approximate surface area is 146 Å². The van der Waals surface area contributed by atoms with Gasteiger partial charge in [-0.1, -0.05) is 51.5 Å². The van der Waals surface area contributed by atoms with Crippen molar-refractivity contribution in [1.82, 2.24) is 0 Å². The Balaban J connectivity index is 3.26. The second kappa shape index (κ2) is 9.35. The summed E-state index contributed by atoms with van der Waals surface area (Å²) in [5.74, 6) is 0.235. The predicted octanol–water partition coefficient (Wildman–Crippen LogP) is 3.76. The minimum absolute atomic E-state index is 0.0935. The maximum absolute atomic E-state index is 13.5. The van der Waals surface area contributed by atoms with Gasteiger partial charge in [0.1, 0.15) is 0 Å². The number of aryl methyl sites for hydroxylation is 1. The van der Waals surface area contributed by atoms with Gasteiger partial charge >= 0.3 is 0 Å². The molecule has 3 atom stereocenters. The Morgan fingerprint density at radius 1 is 1.12 bits per heavy atom. The van der Waals surface area contributed by atoms with Crippen LogP contribution in [0.2, 0.25) is 0 Å². The average molecular weight is 354 g/mol. The molecule has 24 heavy (non-hydrogen) atoms. The lowest BCUT2D eigenvalue weighted by Crippen LogP contribution is -2.19. The minimum atomic E-state index is -2.79. The molecule has 0 aromatic heterocycles. The summed E-state index contributed by atoms with van der Waals surface area (Å²) in [6.07, 6.45) is 1.70. The maximum Gasteiger partial charge on any atom is 0.0969 e. The van der Waals surface area contributed by atoms with Crippen molar-refractivity contribution >= 4 is 9.73 Å². The SMILES string of the molecule is Cc1ccc([S@](=O)(/C=C\C[C@H](O)C(C)C)=N[C@H](CO)C(C)C)cc1. The predicted molar refractivity (Wildman–Crippen MR) is 100 cm³/mol. The van der Waals surface area contributed by atoms with Crippen molar-refractivity contribution in [3.63, 3.8) is 0 Å².